The summed E-state index contributed by atoms with van der Waals surface area (Å²) in [6.07, 6.45) is -6.97. The molecule has 0 fully saturated rings. The Morgan fingerprint density at radius 3 is 0.833 bits per heavy atom. The molecule has 0 aromatic carbocycles. The van der Waals surface area contributed by atoms with Crippen molar-refractivity contribution in [2.24, 2.45) is 0 Å². The fourth-order valence-corrected chi connectivity index (χ4v) is 2.39. The Bertz CT molecular complexity index is 1220. The molecule has 0 aliphatic heterocycles. The van der Waals surface area contributed by atoms with Crippen LogP contribution in [-0.4, -0.2) is 22.3 Å². The molecular weight excluding hydrogens is 556 g/mol. The molecule has 2 aromatic heterocycles. The van der Waals surface area contributed by atoms with Crippen molar-refractivity contribution in [3.05, 3.63) is 47.1 Å². The normalized spacial score (nSPS) is 9.61. The van der Waals surface area contributed by atoms with E-state index in [0.717, 1.165) is 0 Å². The van der Waals surface area contributed by atoms with Crippen molar-refractivity contribution >= 4 is 23.2 Å². The van der Waals surface area contributed by atoms with Gasteiger partial charge in [0.1, 0.15) is 23.3 Å². The second kappa shape index (κ2) is 14.7. The van der Waals surface area contributed by atoms with Gasteiger partial charge in [0.05, 0.1) is 23.9 Å². The number of halogens is 8. The third kappa shape index (κ3) is 6.69. The van der Waals surface area contributed by atoms with Crippen molar-refractivity contribution < 1.29 is 159 Å². The van der Waals surface area contributed by atoms with Crippen LogP contribution in [0.3, 0.4) is 0 Å². The van der Waals surface area contributed by atoms with E-state index in [2.05, 4.69) is 9.97 Å². The van der Waals surface area contributed by atoms with Gasteiger partial charge in [-0.2, -0.15) is 27.5 Å². The third-order valence-electron chi connectivity index (χ3n) is 4.18. The molecule has 0 atom stereocenters. The molecule has 20 heteroatoms. The van der Waals surface area contributed by atoms with E-state index >= 15 is 0 Å². The van der Waals surface area contributed by atoms with Gasteiger partial charge in [-0.15, -0.1) is 33.0 Å². The molecule has 0 bridgehead atoms. The summed E-state index contributed by atoms with van der Waals surface area (Å²) in [6, 6.07) is 0. The van der Waals surface area contributed by atoms with Crippen LogP contribution in [0.25, 0.3) is 0 Å². The van der Waals surface area contributed by atoms with Crippen LogP contribution in [0.2, 0.25) is 0 Å². The zero-order valence-electron chi connectivity index (χ0n) is 18.0. The minimum atomic E-state index is -3.48. The number of hydrogen-bond acceptors (Lipinski definition) is 4. The Kier molecular flexibility index (Phi) is 14.8. The van der Waals surface area contributed by atoms with Crippen molar-refractivity contribution in [1.29, 1.82) is 10.5 Å². The zero-order valence-corrected chi connectivity index (χ0v) is 24.2. The van der Waals surface area contributed by atoms with Gasteiger partial charge in [0.2, 0.25) is 23.8 Å². The predicted molar refractivity (Wildman–Crippen MR) is 89.5 cm³/mol. The Hall–Kier alpha value is -1.92. The maximum Gasteiger partial charge on any atom is 1.00 e. The maximum atomic E-state index is 13.3. The molecule has 2 rings (SSSR count). The molecule has 0 amide bonds. The molecule has 0 saturated heterocycles. The number of pyridine rings is 2. The summed E-state index contributed by atoms with van der Waals surface area (Å²) in [5, 5.41) is 44.4. The fourth-order valence-electron chi connectivity index (χ4n) is 2.39. The predicted octanol–water partition coefficient (Wildman–Crippen LogP) is -12.0. The van der Waals surface area contributed by atoms with Gasteiger partial charge in [0, 0.05) is 0 Å². The van der Waals surface area contributed by atoms with Crippen molar-refractivity contribution in [3.8, 4) is 35.8 Å². The minimum Gasteiger partial charge on any atom is -0.246 e. The maximum absolute atomic E-state index is 13.3. The topological polar surface area (TPSA) is 169 Å². The van der Waals surface area contributed by atoms with Crippen LogP contribution in [0.5, 0.6) is 0 Å². The average molecular weight is 560 g/mol. The van der Waals surface area contributed by atoms with Crippen molar-refractivity contribution in [2.45, 2.75) is 0 Å². The number of aromatic nitrogens is 2. The van der Waals surface area contributed by atoms with Gasteiger partial charge in [-0.25, -0.2) is 28.1 Å². The van der Waals surface area contributed by atoms with Crippen LogP contribution in [-0.2, 0) is 0 Å². The first kappa shape index (κ1) is 36.2. The van der Waals surface area contributed by atoms with Crippen LogP contribution >= 0.6 is 0 Å². The standard InChI is InChI=1S/2C8BF4N4.2K/c2*10-5-4(9(1-14,2-15)3-16)6(11)8(13)17-7(5)12;;/q2*-1;2*+1/p+4. The van der Waals surface area contributed by atoms with Gasteiger partial charge in [-0.1, -0.05) is 10.9 Å². The van der Waals surface area contributed by atoms with E-state index in [1.165, 1.54) is 35.8 Å². The molecule has 2 aromatic rings. The van der Waals surface area contributed by atoms with Gasteiger partial charge in [0.15, 0.2) is 0 Å². The third-order valence-corrected chi connectivity index (χ3v) is 4.18. The van der Waals surface area contributed by atoms with E-state index in [1.807, 2.05) is 0 Å². The van der Waals surface area contributed by atoms with Crippen LogP contribution < -0.4 is 135 Å². The summed E-state index contributed by atoms with van der Waals surface area (Å²) in [7, 11) is 0. The van der Waals surface area contributed by atoms with Crippen LogP contribution in [0.4, 0.5) is 35.1 Å². The average Bonchev–Trinajstić information content (AvgIpc) is 2.83. The SMILES string of the molecule is N#C[B-](C#[NH+])(C#[NH+])c1c(F)c(F)nc(F)c1F.N#C[B-](C#[NH+])(C#[NH+])c1c(F)c(F)nc(F)c1F.[K+].[K+]. The molecule has 0 unspecified atom stereocenters. The first-order chi connectivity index (χ1) is 15.9. The first-order valence-corrected chi connectivity index (χ1v) is 8.16. The van der Waals surface area contributed by atoms with E-state index < -0.39 is 70.3 Å². The summed E-state index contributed by atoms with van der Waals surface area (Å²) in [5.74, 6) is -7.73. The van der Waals surface area contributed by atoms with Gasteiger partial charge in [-0.05, 0) is 0 Å². The fraction of sp³-hybridized carbons (Fsp3) is 0. The molecular formula is C16H4B2F8K2N8+4. The smallest absolute Gasteiger partial charge is 0.246 e. The molecule has 0 spiro atoms. The summed E-state index contributed by atoms with van der Waals surface area (Å²) in [5.41, 5.74) is -2.83. The summed E-state index contributed by atoms with van der Waals surface area (Å²) < 4.78 is 104. The minimum absolute atomic E-state index is 0. The number of nitrogens with one attached hydrogen (secondary N) is 4. The molecule has 0 aliphatic rings. The van der Waals surface area contributed by atoms with Crippen LogP contribution in [0.15, 0.2) is 0 Å². The molecule has 0 saturated carbocycles. The Balaban J connectivity index is 0. The summed E-state index contributed by atoms with van der Waals surface area (Å²) in [6.45, 7) is 0. The van der Waals surface area contributed by atoms with Crippen LogP contribution in [0.1, 0.15) is 0 Å². The Labute approximate surface area is 281 Å². The number of nitriles is 2. The van der Waals surface area contributed by atoms with Crippen molar-refractivity contribution in [3.63, 3.8) is 0 Å². The van der Waals surface area contributed by atoms with E-state index in [0.29, 0.717) is 0 Å². The summed E-state index contributed by atoms with van der Waals surface area (Å²) >= 11 is 0. The second-order valence-electron chi connectivity index (χ2n) is 6.04. The number of rotatable bonds is 2. The molecule has 0 aliphatic carbocycles. The molecule has 4 N–H and O–H groups in total. The number of nitrogens with zero attached hydrogens (tertiary/aromatic N) is 4. The van der Waals surface area contributed by atoms with Crippen molar-refractivity contribution in [1.82, 2.24) is 9.97 Å². The van der Waals surface area contributed by atoms with Gasteiger partial charge in [-0.3, -0.25) is 0 Å². The van der Waals surface area contributed by atoms with Gasteiger partial charge >= 0.3 is 115 Å². The number of hydrogen-bond donors (Lipinski definition) is 4. The monoisotopic (exact) mass is 560 g/mol. The quantitative estimate of drug-likeness (QED) is 0.163. The largest absolute Gasteiger partial charge is 1.00 e. The van der Waals surface area contributed by atoms with E-state index in [-0.39, 0.29) is 103 Å². The Morgan fingerprint density at radius 1 is 0.500 bits per heavy atom. The van der Waals surface area contributed by atoms with Gasteiger partial charge in [0.25, 0.3) is 0 Å². The van der Waals surface area contributed by atoms with Crippen molar-refractivity contribution in [2.75, 3.05) is 0 Å². The molecule has 168 valence electrons. The van der Waals surface area contributed by atoms with E-state index in [1.54, 1.807) is 0 Å². The molecule has 0 radical (unpaired) electrons. The molecule has 36 heavy (non-hydrogen) atoms. The van der Waals surface area contributed by atoms with Crippen LogP contribution in [0, 0.1) is 93.4 Å². The van der Waals surface area contributed by atoms with Gasteiger partial charge < -0.3 is 0 Å². The van der Waals surface area contributed by atoms with E-state index in [9.17, 15) is 35.1 Å². The van der Waals surface area contributed by atoms with E-state index in [4.69, 9.17) is 31.6 Å². The Morgan fingerprint density at radius 2 is 0.694 bits per heavy atom. The second-order valence-corrected chi connectivity index (χ2v) is 6.04. The summed E-state index contributed by atoms with van der Waals surface area (Å²) in [4.78, 5) is 4.58. The zero-order chi connectivity index (χ0) is 26.4. The first-order valence-electron chi connectivity index (χ1n) is 8.16. The molecule has 2 heterocycles. The molecule has 8 nitrogen and oxygen atoms in total.